The van der Waals surface area contributed by atoms with Gasteiger partial charge in [0.25, 0.3) is 0 Å². The van der Waals surface area contributed by atoms with Gasteiger partial charge in [-0.15, -0.1) is 10.2 Å². The summed E-state index contributed by atoms with van der Waals surface area (Å²) in [4.78, 5) is 4.36. The minimum atomic E-state index is 0.121. The summed E-state index contributed by atoms with van der Waals surface area (Å²) in [6, 6.07) is 8.36. The SMILES string of the molecule is CN=C(NCc1nnc2n1CCCCC2)NC(C)c1ccc(OCC(C)C)cc1. The minimum Gasteiger partial charge on any atom is -0.493 e. The second kappa shape index (κ2) is 10.3. The Kier molecular flexibility index (Phi) is 7.49. The average Bonchev–Trinajstić information content (AvgIpc) is 2.95. The van der Waals surface area contributed by atoms with Gasteiger partial charge in [-0.1, -0.05) is 32.4 Å². The van der Waals surface area contributed by atoms with Crippen molar-refractivity contribution in [2.45, 2.75) is 65.6 Å². The molecule has 0 bridgehead atoms. The molecule has 0 amide bonds. The van der Waals surface area contributed by atoms with Crippen LogP contribution in [0.5, 0.6) is 5.75 Å². The lowest BCUT2D eigenvalue weighted by Crippen LogP contribution is -2.38. The molecule has 0 aliphatic carbocycles. The van der Waals surface area contributed by atoms with Crippen LogP contribution in [0.25, 0.3) is 0 Å². The Hall–Kier alpha value is -2.57. The molecule has 7 nitrogen and oxygen atoms in total. The molecule has 0 fully saturated rings. The van der Waals surface area contributed by atoms with Crippen LogP contribution >= 0.6 is 0 Å². The fraction of sp³-hybridized carbons (Fsp3) is 0.591. The number of ether oxygens (including phenoxy) is 1. The Balaban J connectivity index is 1.54. The van der Waals surface area contributed by atoms with E-state index in [-0.39, 0.29) is 6.04 Å². The first kappa shape index (κ1) is 21.1. The van der Waals surface area contributed by atoms with Gasteiger partial charge in [-0.05, 0) is 43.4 Å². The molecule has 1 aliphatic heterocycles. The molecule has 29 heavy (non-hydrogen) atoms. The van der Waals surface area contributed by atoms with Crippen molar-refractivity contribution in [2.24, 2.45) is 10.9 Å². The maximum absolute atomic E-state index is 5.77. The number of rotatable bonds is 7. The van der Waals surface area contributed by atoms with Crippen molar-refractivity contribution < 1.29 is 4.74 Å². The van der Waals surface area contributed by atoms with Crippen molar-refractivity contribution in [3.05, 3.63) is 41.5 Å². The minimum absolute atomic E-state index is 0.121. The number of nitrogens with one attached hydrogen (secondary N) is 2. The van der Waals surface area contributed by atoms with Crippen LogP contribution in [0.4, 0.5) is 0 Å². The summed E-state index contributed by atoms with van der Waals surface area (Å²) in [5.74, 6) is 4.26. The van der Waals surface area contributed by atoms with Crippen molar-refractivity contribution >= 4 is 5.96 Å². The van der Waals surface area contributed by atoms with Crippen LogP contribution in [0, 0.1) is 5.92 Å². The highest BCUT2D eigenvalue weighted by Crippen LogP contribution is 2.18. The number of aromatic nitrogens is 3. The number of fused-ring (bicyclic) bond motifs is 1. The lowest BCUT2D eigenvalue weighted by atomic mass is 10.1. The molecule has 3 rings (SSSR count). The second-order valence-corrected chi connectivity index (χ2v) is 8.06. The third-order valence-corrected chi connectivity index (χ3v) is 5.14. The summed E-state index contributed by atoms with van der Waals surface area (Å²) >= 11 is 0. The van der Waals surface area contributed by atoms with Crippen molar-refractivity contribution in [3.63, 3.8) is 0 Å². The highest BCUT2D eigenvalue weighted by Gasteiger charge is 2.15. The Morgan fingerprint density at radius 3 is 2.66 bits per heavy atom. The molecule has 0 saturated carbocycles. The van der Waals surface area contributed by atoms with E-state index in [1.807, 2.05) is 12.1 Å². The first-order valence-electron chi connectivity index (χ1n) is 10.7. The summed E-state index contributed by atoms with van der Waals surface area (Å²) in [6.07, 6.45) is 4.68. The van der Waals surface area contributed by atoms with Crippen LogP contribution in [0.3, 0.4) is 0 Å². The Morgan fingerprint density at radius 2 is 1.93 bits per heavy atom. The topological polar surface area (TPSA) is 76.4 Å². The highest BCUT2D eigenvalue weighted by molar-refractivity contribution is 5.80. The molecular formula is C22H34N6O. The monoisotopic (exact) mass is 398 g/mol. The maximum Gasteiger partial charge on any atom is 0.191 e. The molecule has 2 heterocycles. The zero-order valence-corrected chi connectivity index (χ0v) is 18.1. The predicted octanol–water partition coefficient (Wildman–Crippen LogP) is 3.47. The van der Waals surface area contributed by atoms with Crippen molar-refractivity contribution in [1.29, 1.82) is 0 Å². The Labute approximate surface area is 174 Å². The molecule has 7 heteroatoms. The lowest BCUT2D eigenvalue weighted by molar-refractivity contribution is 0.271. The zero-order valence-electron chi connectivity index (χ0n) is 18.1. The predicted molar refractivity (Wildman–Crippen MR) is 116 cm³/mol. The Bertz CT molecular complexity index is 796. The average molecular weight is 399 g/mol. The quantitative estimate of drug-likeness (QED) is 0.552. The molecule has 0 radical (unpaired) electrons. The van der Waals surface area contributed by atoms with Gasteiger partial charge in [-0.3, -0.25) is 4.99 Å². The summed E-state index contributed by atoms with van der Waals surface area (Å²) in [5, 5.41) is 15.6. The van der Waals surface area contributed by atoms with E-state index in [1.165, 1.54) is 24.8 Å². The number of hydrogen-bond donors (Lipinski definition) is 2. The molecule has 158 valence electrons. The van der Waals surface area contributed by atoms with Crippen LogP contribution in [-0.4, -0.2) is 34.4 Å². The van der Waals surface area contributed by atoms with Gasteiger partial charge in [0, 0.05) is 20.0 Å². The third-order valence-electron chi connectivity index (χ3n) is 5.14. The van der Waals surface area contributed by atoms with Gasteiger partial charge in [0.1, 0.15) is 11.6 Å². The molecule has 2 N–H and O–H groups in total. The van der Waals surface area contributed by atoms with E-state index < -0.39 is 0 Å². The summed E-state index contributed by atoms with van der Waals surface area (Å²) in [7, 11) is 1.79. The number of hydrogen-bond acceptors (Lipinski definition) is 4. The number of benzene rings is 1. The van der Waals surface area contributed by atoms with Gasteiger partial charge in [0.15, 0.2) is 11.8 Å². The van der Waals surface area contributed by atoms with Gasteiger partial charge in [-0.25, -0.2) is 0 Å². The number of guanidine groups is 1. The van der Waals surface area contributed by atoms with E-state index >= 15 is 0 Å². The van der Waals surface area contributed by atoms with Crippen molar-refractivity contribution in [2.75, 3.05) is 13.7 Å². The maximum atomic E-state index is 5.77. The van der Waals surface area contributed by atoms with Gasteiger partial charge < -0.3 is 19.9 Å². The Morgan fingerprint density at radius 1 is 1.14 bits per heavy atom. The van der Waals surface area contributed by atoms with Crippen LogP contribution < -0.4 is 15.4 Å². The number of aliphatic imine (C=N–C) groups is 1. The highest BCUT2D eigenvalue weighted by atomic mass is 16.5. The molecule has 1 aromatic carbocycles. The first-order valence-corrected chi connectivity index (χ1v) is 10.7. The van der Waals surface area contributed by atoms with Crippen LogP contribution in [0.1, 0.15) is 63.3 Å². The normalized spacial score (nSPS) is 15.6. The van der Waals surface area contributed by atoms with E-state index in [0.717, 1.165) is 42.9 Å². The molecule has 1 atom stereocenters. The molecule has 2 aromatic rings. The number of aryl methyl sites for hydroxylation is 1. The summed E-state index contributed by atoms with van der Waals surface area (Å²) < 4.78 is 8.02. The van der Waals surface area contributed by atoms with E-state index in [1.54, 1.807) is 7.05 Å². The van der Waals surface area contributed by atoms with E-state index in [2.05, 4.69) is 63.3 Å². The molecule has 1 aromatic heterocycles. The molecule has 1 unspecified atom stereocenters. The smallest absolute Gasteiger partial charge is 0.191 e. The standard InChI is InChI=1S/C22H34N6O/c1-16(2)15-29-19-11-9-18(10-12-19)17(3)25-22(23-4)24-14-21-27-26-20-8-6-5-7-13-28(20)21/h9-12,16-17H,5-8,13-15H2,1-4H3,(H2,23,24,25). The van der Waals surface area contributed by atoms with E-state index in [4.69, 9.17) is 4.74 Å². The fourth-order valence-corrected chi connectivity index (χ4v) is 3.44. The summed E-state index contributed by atoms with van der Waals surface area (Å²) in [6.45, 7) is 8.77. The van der Waals surface area contributed by atoms with Crippen LogP contribution in [0.15, 0.2) is 29.3 Å². The number of nitrogens with zero attached hydrogens (tertiary/aromatic N) is 4. The first-order chi connectivity index (χ1) is 14.1. The third kappa shape index (κ3) is 5.95. The molecule has 0 saturated heterocycles. The van der Waals surface area contributed by atoms with Crippen molar-refractivity contribution in [1.82, 2.24) is 25.4 Å². The summed E-state index contributed by atoms with van der Waals surface area (Å²) in [5.41, 5.74) is 1.18. The van der Waals surface area contributed by atoms with E-state index in [9.17, 15) is 0 Å². The van der Waals surface area contributed by atoms with Gasteiger partial charge in [-0.2, -0.15) is 0 Å². The second-order valence-electron chi connectivity index (χ2n) is 8.06. The largest absolute Gasteiger partial charge is 0.493 e. The fourth-order valence-electron chi connectivity index (χ4n) is 3.44. The van der Waals surface area contributed by atoms with Crippen molar-refractivity contribution in [3.8, 4) is 5.75 Å². The lowest BCUT2D eigenvalue weighted by Gasteiger charge is -2.19. The van der Waals surface area contributed by atoms with E-state index in [0.29, 0.717) is 12.5 Å². The molecular weight excluding hydrogens is 364 g/mol. The van der Waals surface area contributed by atoms with Gasteiger partial charge in [0.2, 0.25) is 0 Å². The van der Waals surface area contributed by atoms with Crippen LogP contribution in [0.2, 0.25) is 0 Å². The zero-order chi connectivity index (χ0) is 20.6. The molecule has 0 spiro atoms. The van der Waals surface area contributed by atoms with Crippen LogP contribution in [-0.2, 0) is 19.5 Å². The molecule has 1 aliphatic rings. The van der Waals surface area contributed by atoms with Gasteiger partial charge in [0.05, 0.1) is 19.2 Å². The van der Waals surface area contributed by atoms with Gasteiger partial charge >= 0.3 is 0 Å².